The van der Waals surface area contributed by atoms with Gasteiger partial charge in [-0.2, -0.15) is 0 Å². The summed E-state index contributed by atoms with van der Waals surface area (Å²) in [7, 11) is 0. The number of nitrogens with one attached hydrogen (secondary N) is 1. The molecule has 0 aromatic carbocycles. The van der Waals surface area contributed by atoms with Crippen LogP contribution in [-0.2, 0) is 4.79 Å². The molecule has 0 spiro atoms. The molecule has 16 heavy (non-hydrogen) atoms. The van der Waals surface area contributed by atoms with E-state index in [9.17, 15) is 9.18 Å². The van der Waals surface area contributed by atoms with Gasteiger partial charge in [0.05, 0.1) is 12.2 Å². The number of aromatic nitrogens is 1. The molecule has 0 saturated carbocycles. The number of nitrogens with zero attached hydrogens (tertiary/aromatic N) is 1. The van der Waals surface area contributed by atoms with E-state index in [-0.39, 0.29) is 5.91 Å². The highest BCUT2D eigenvalue weighted by Gasteiger charge is 2.15. The van der Waals surface area contributed by atoms with E-state index < -0.39 is 11.9 Å². The lowest BCUT2D eigenvalue weighted by atomic mass is 10.0. The number of nitrogens with two attached hydrogens (primary N) is 1. The lowest BCUT2D eigenvalue weighted by Gasteiger charge is -2.13. The zero-order valence-corrected chi connectivity index (χ0v) is 9.40. The van der Waals surface area contributed by atoms with E-state index in [1.165, 1.54) is 12.1 Å². The van der Waals surface area contributed by atoms with E-state index in [1.54, 1.807) is 0 Å². The molecule has 1 atom stereocenters. The Hall–Kier alpha value is -1.49. The topological polar surface area (TPSA) is 68.0 Å². The van der Waals surface area contributed by atoms with Crippen LogP contribution < -0.4 is 11.1 Å². The van der Waals surface area contributed by atoms with Crippen LogP contribution in [0.1, 0.15) is 20.3 Å². The molecule has 0 aliphatic carbocycles. The van der Waals surface area contributed by atoms with E-state index in [1.807, 2.05) is 13.8 Å². The van der Waals surface area contributed by atoms with E-state index in [2.05, 4.69) is 10.3 Å². The monoisotopic (exact) mass is 225 g/mol. The van der Waals surface area contributed by atoms with Crippen molar-refractivity contribution in [2.24, 2.45) is 11.7 Å². The minimum absolute atomic E-state index is 0.298. The summed E-state index contributed by atoms with van der Waals surface area (Å²) in [5.41, 5.74) is 5.68. The van der Waals surface area contributed by atoms with Gasteiger partial charge in [0.15, 0.2) is 0 Å². The van der Waals surface area contributed by atoms with Crippen molar-refractivity contribution < 1.29 is 9.18 Å². The molecule has 0 aliphatic rings. The van der Waals surface area contributed by atoms with Crippen molar-refractivity contribution in [3.05, 3.63) is 24.1 Å². The highest BCUT2D eigenvalue weighted by atomic mass is 19.1. The standard InChI is InChI=1S/C11H16FN3O/c1-7(2)5-9(13)11(16)15-10-4-3-8(12)6-14-10/h3-4,6-7,9H,5,13H2,1-2H3,(H,14,15,16)/t9-/m0/s1. The molecule has 0 aliphatic heterocycles. The van der Waals surface area contributed by atoms with Crippen LogP contribution in [0.4, 0.5) is 10.2 Å². The van der Waals surface area contributed by atoms with Crippen LogP contribution in [0.25, 0.3) is 0 Å². The smallest absolute Gasteiger partial charge is 0.242 e. The average molecular weight is 225 g/mol. The van der Waals surface area contributed by atoms with Gasteiger partial charge in [0, 0.05) is 0 Å². The van der Waals surface area contributed by atoms with Crippen molar-refractivity contribution in [1.29, 1.82) is 0 Å². The molecule has 3 N–H and O–H groups in total. The Kier molecular flexibility index (Phi) is 4.37. The number of halogens is 1. The van der Waals surface area contributed by atoms with Crippen LogP contribution in [0.2, 0.25) is 0 Å². The number of hydrogen-bond acceptors (Lipinski definition) is 3. The fourth-order valence-corrected chi connectivity index (χ4v) is 1.28. The van der Waals surface area contributed by atoms with Crippen molar-refractivity contribution in [2.75, 3.05) is 5.32 Å². The normalized spacial score (nSPS) is 12.6. The summed E-state index contributed by atoms with van der Waals surface area (Å²) in [5.74, 6) is -0.0789. The molecular formula is C11H16FN3O. The summed E-state index contributed by atoms with van der Waals surface area (Å²) in [6.07, 6.45) is 1.65. The molecule has 1 aromatic rings. The molecule has 0 saturated heterocycles. The van der Waals surface area contributed by atoms with Gasteiger partial charge in [-0.15, -0.1) is 0 Å². The molecule has 1 aromatic heterocycles. The van der Waals surface area contributed by atoms with Gasteiger partial charge in [0.25, 0.3) is 0 Å². The number of pyridine rings is 1. The summed E-state index contributed by atoms with van der Waals surface area (Å²) in [4.78, 5) is 15.3. The predicted molar refractivity (Wildman–Crippen MR) is 60.3 cm³/mol. The lowest BCUT2D eigenvalue weighted by molar-refractivity contribution is -0.117. The first-order valence-electron chi connectivity index (χ1n) is 5.17. The second-order valence-electron chi connectivity index (χ2n) is 4.09. The Bertz CT molecular complexity index is 351. The zero-order chi connectivity index (χ0) is 12.1. The van der Waals surface area contributed by atoms with Crippen LogP contribution in [0.3, 0.4) is 0 Å². The quantitative estimate of drug-likeness (QED) is 0.816. The summed E-state index contributed by atoms with van der Waals surface area (Å²) < 4.78 is 12.6. The summed E-state index contributed by atoms with van der Waals surface area (Å²) in [6, 6.07) is 2.07. The fourth-order valence-electron chi connectivity index (χ4n) is 1.28. The first kappa shape index (κ1) is 12.6. The maximum atomic E-state index is 12.6. The van der Waals surface area contributed by atoms with Gasteiger partial charge in [0.1, 0.15) is 11.6 Å². The molecule has 0 radical (unpaired) electrons. The van der Waals surface area contributed by atoms with Crippen LogP contribution in [0, 0.1) is 11.7 Å². The molecule has 88 valence electrons. The number of anilines is 1. The number of amides is 1. The fraction of sp³-hybridized carbons (Fsp3) is 0.455. The lowest BCUT2D eigenvalue weighted by Crippen LogP contribution is -2.36. The Labute approximate surface area is 94.1 Å². The molecule has 5 heteroatoms. The van der Waals surface area contributed by atoms with E-state index in [0.717, 1.165) is 6.20 Å². The Morgan fingerprint density at radius 1 is 1.56 bits per heavy atom. The highest BCUT2D eigenvalue weighted by molar-refractivity contribution is 5.93. The molecule has 0 unspecified atom stereocenters. The highest BCUT2D eigenvalue weighted by Crippen LogP contribution is 2.07. The van der Waals surface area contributed by atoms with Crippen LogP contribution in [0.5, 0.6) is 0 Å². The molecule has 0 bridgehead atoms. The maximum absolute atomic E-state index is 12.6. The zero-order valence-electron chi connectivity index (χ0n) is 9.40. The van der Waals surface area contributed by atoms with Crippen molar-refractivity contribution in [3.63, 3.8) is 0 Å². The van der Waals surface area contributed by atoms with Crippen LogP contribution in [-0.4, -0.2) is 16.9 Å². The second kappa shape index (κ2) is 5.55. The first-order valence-corrected chi connectivity index (χ1v) is 5.17. The van der Waals surface area contributed by atoms with E-state index >= 15 is 0 Å². The molecule has 1 rings (SSSR count). The average Bonchev–Trinajstić information content (AvgIpc) is 2.20. The Morgan fingerprint density at radius 3 is 2.75 bits per heavy atom. The van der Waals surface area contributed by atoms with E-state index in [0.29, 0.717) is 18.2 Å². The van der Waals surface area contributed by atoms with Crippen LogP contribution >= 0.6 is 0 Å². The molecule has 4 nitrogen and oxygen atoms in total. The van der Waals surface area contributed by atoms with Gasteiger partial charge in [0.2, 0.25) is 5.91 Å². The SMILES string of the molecule is CC(C)C[C@H](N)C(=O)Nc1ccc(F)cn1. The summed E-state index contributed by atoms with van der Waals surface area (Å²) in [5, 5.41) is 2.53. The van der Waals surface area contributed by atoms with Crippen molar-refractivity contribution in [2.45, 2.75) is 26.3 Å². The Balaban J connectivity index is 2.54. The van der Waals surface area contributed by atoms with Crippen molar-refractivity contribution in [1.82, 2.24) is 4.98 Å². The number of carbonyl (C=O) groups is 1. The Morgan fingerprint density at radius 2 is 2.25 bits per heavy atom. The first-order chi connectivity index (χ1) is 7.49. The minimum atomic E-state index is -0.563. The number of carbonyl (C=O) groups excluding carboxylic acids is 1. The number of hydrogen-bond donors (Lipinski definition) is 2. The maximum Gasteiger partial charge on any atom is 0.242 e. The third-order valence-corrected chi connectivity index (χ3v) is 2.04. The summed E-state index contributed by atoms with van der Waals surface area (Å²) >= 11 is 0. The van der Waals surface area contributed by atoms with Gasteiger partial charge in [-0.1, -0.05) is 13.8 Å². The van der Waals surface area contributed by atoms with Crippen molar-refractivity contribution in [3.8, 4) is 0 Å². The van der Waals surface area contributed by atoms with E-state index in [4.69, 9.17) is 5.73 Å². The van der Waals surface area contributed by atoms with Gasteiger partial charge in [-0.05, 0) is 24.5 Å². The van der Waals surface area contributed by atoms with Gasteiger partial charge in [-0.3, -0.25) is 4.79 Å². The van der Waals surface area contributed by atoms with Gasteiger partial charge < -0.3 is 11.1 Å². The second-order valence-corrected chi connectivity index (χ2v) is 4.09. The van der Waals surface area contributed by atoms with Crippen LogP contribution in [0.15, 0.2) is 18.3 Å². The molecule has 0 fully saturated rings. The third kappa shape index (κ3) is 3.94. The van der Waals surface area contributed by atoms with Gasteiger partial charge in [-0.25, -0.2) is 9.37 Å². The molecule has 1 heterocycles. The molecule has 1 amide bonds. The predicted octanol–water partition coefficient (Wildman–Crippen LogP) is 1.53. The largest absolute Gasteiger partial charge is 0.320 e. The minimum Gasteiger partial charge on any atom is -0.320 e. The number of rotatable bonds is 4. The molecular weight excluding hydrogens is 209 g/mol. The third-order valence-electron chi connectivity index (χ3n) is 2.04. The van der Waals surface area contributed by atoms with Crippen molar-refractivity contribution >= 4 is 11.7 Å². The van der Waals surface area contributed by atoms with Gasteiger partial charge >= 0.3 is 0 Å². The summed E-state index contributed by atoms with van der Waals surface area (Å²) in [6.45, 7) is 3.98.